The molecule has 3 heteroatoms. The van der Waals surface area contributed by atoms with Crippen molar-refractivity contribution in [1.29, 1.82) is 0 Å². The number of thiocarbonyl (C=S) groups is 1. The molecule has 0 saturated heterocycles. The van der Waals surface area contributed by atoms with E-state index in [0.717, 1.165) is 24.2 Å². The van der Waals surface area contributed by atoms with E-state index in [1.807, 2.05) is 24.3 Å². The average molecular weight is 222 g/mol. The molecule has 0 bridgehead atoms. The summed E-state index contributed by atoms with van der Waals surface area (Å²) in [6.45, 7) is 5.37. The van der Waals surface area contributed by atoms with Crippen LogP contribution in [0.4, 0.5) is 5.69 Å². The van der Waals surface area contributed by atoms with Gasteiger partial charge in [-0.15, -0.1) is 0 Å². The molecule has 82 valence electrons. The van der Waals surface area contributed by atoms with Gasteiger partial charge in [-0.2, -0.15) is 0 Å². The first-order valence-electron chi connectivity index (χ1n) is 5.24. The molecule has 0 aliphatic carbocycles. The molecule has 1 aromatic rings. The van der Waals surface area contributed by atoms with Crippen LogP contribution in [0.1, 0.15) is 25.8 Å². The van der Waals surface area contributed by atoms with Crippen LogP contribution in [-0.4, -0.2) is 11.5 Å². The number of nitrogens with one attached hydrogen (secondary N) is 1. The van der Waals surface area contributed by atoms with Gasteiger partial charge in [0.2, 0.25) is 0 Å². The number of para-hydroxylation sites is 1. The molecule has 0 heterocycles. The molecular weight excluding hydrogens is 204 g/mol. The van der Waals surface area contributed by atoms with Crippen molar-refractivity contribution in [3.8, 4) is 0 Å². The number of rotatable bonds is 5. The standard InChI is InChI=1S/C12H18N2S/c1-9(2)7-8-14-11-6-4-3-5-10(11)12(13)15/h3-6,9,14H,7-8H2,1-2H3,(H2,13,15). The molecule has 0 saturated carbocycles. The first kappa shape index (κ1) is 12.0. The molecule has 15 heavy (non-hydrogen) atoms. The van der Waals surface area contributed by atoms with Crippen molar-refractivity contribution in [2.45, 2.75) is 20.3 Å². The van der Waals surface area contributed by atoms with Gasteiger partial charge in [-0.05, 0) is 24.5 Å². The molecule has 0 fully saturated rings. The normalized spacial score (nSPS) is 10.3. The topological polar surface area (TPSA) is 38.0 Å². The van der Waals surface area contributed by atoms with Crippen LogP contribution < -0.4 is 11.1 Å². The number of hydrogen-bond acceptors (Lipinski definition) is 2. The Morgan fingerprint density at radius 2 is 2.07 bits per heavy atom. The lowest BCUT2D eigenvalue weighted by molar-refractivity contribution is 0.607. The third kappa shape index (κ3) is 3.88. The molecule has 3 N–H and O–H groups in total. The third-order valence-corrected chi connectivity index (χ3v) is 2.45. The van der Waals surface area contributed by atoms with Gasteiger partial charge in [0.1, 0.15) is 4.99 Å². The molecule has 0 radical (unpaired) electrons. The Balaban J connectivity index is 2.63. The van der Waals surface area contributed by atoms with Gasteiger partial charge in [-0.25, -0.2) is 0 Å². The summed E-state index contributed by atoms with van der Waals surface area (Å²) >= 11 is 4.99. The van der Waals surface area contributed by atoms with Crippen LogP contribution in [0.25, 0.3) is 0 Å². The van der Waals surface area contributed by atoms with E-state index >= 15 is 0 Å². The summed E-state index contributed by atoms with van der Waals surface area (Å²) in [4.78, 5) is 0.447. The smallest absolute Gasteiger partial charge is 0.106 e. The van der Waals surface area contributed by atoms with Crippen LogP contribution >= 0.6 is 12.2 Å². The summed E-state index contributed by atoms with van der Waals surface area (Å²) in [6.07, 6.45) is 1.14. The summed E-state index contributed by atoms with van der Waals surface area (Å²) < 4.78 is 0. The first-order valence-corrected chi connectivity index (χ1v) is 5.64. The summed E-state index contributed by atoms with van der Waals surface area (Å²) in [6, 6.07) is 7.89. The van der Waals surface area contributed by atoms with Gasteiger partial charge >= 0.3 is 0 Å². The van der Waals surface area contributed by atoms with E-state index in [2.05, 4.69) is 19.2 Å². The van der Waals surface area contributed by atoms with E-state index in [9.17, 15) is 0 Å². The van der Waals surface area contributed by atoms with E-state index in [-0.39, 0.29) is 0 Å². The van der Waals surface area contributed by atoms with Crippen molar-refractivity contribution in [1.82, 2.24) is 0 Å². The number of nitrogens with two attached hydrogens (primary N) is 1. The fraction of sp³-hybridized carbons (Fsp3) is 0.417. The van der Waals surface area contributed by atoms with Gasteiger partial charge in [0.05, 0.1) is 0 Å². The van der Waals surface area contributed by atoms with E-state index in [1.54, 1.807) is 0 Å². The molecule has 0 unspecified atom stereocenters. The monoisotopic (exact) mass is 222 g/mol. The second kappa shape index (κ2) is 5.71. The van der Waals surface area contributed by atoms with Gasteiger partial charge in [-0.1, -0.05) is 38.2 Å². The summed E-state index contributed by atoms with van der Waals surface area (Å²) in [5.41, 5.74) is 7.60. The average Bonchev–Trinajstić information content (AvgIpc) is 2.17. The number of anilines is 1. The Hall–Kier alpha value is -1.09. The van der Waals surface area contributed by atoms with Gasteiger partial charge in [0, 0.05) is 17.8 Å². The minimum absolute atomic E-state index is 0.447. The van der Waals surface area contributed by atoms with Crippen LogP contribution in [0.5, 0.6) is 0 Å². The maximum Gasteiger partial charge on any atom is 0.106 e. The SMILES string of the molecule is CC(C)CCNc1ccccc1C(N)=S. The van der Waals surface area contributed by atoms with Crippen LogP contribution in [0.3, 0.4) is 0 Å². The second-order valence-corrected chi connectivity index (χ2v) is 4.46. The highest BCUT2D eigenvalue weighted by molar-refractivity contribution is 7.80. The second-order valence-electron chi connectivity index (χ2n) is 4.02. The Morgan fingerprint density at radius 1 is 1.40 bits per heavy atom. The zero-order valence-electron chi connectivity index (χ0n) is 9.29. The lowest BCUT2D eigenvalue weighted by Crippen LogP contribution is -2.14. The highest BCUT2D eigenvalue weighted by Crippen LogP contribution is 2.15. The lowest BCUT2D eigenvalue weighted by Gasteiger charge is -2.11. The van der Waals surface area contributed by atoms with Crippen LogP contribution in [0.2, 0.25) is 0 Å². The number of benzene rings is 1. The maximum absolute atomic E-state index is 5.64. The van der Waals surface area contributed by atoms with Gasteiger partial charge in [-0.3, -0.25) is 0 Å². The molecule has 0 spiro atoms. The highest BCUT2D eigenvalue weighted by Gasteiger charge is 2.03. The third-order valence-electron chi connectivity index (χ3n) is 2.23. The van der Waals surface area contributed by atoms with Crippen molar-refractivity contribution in [2.75, 3.05) is 11.9 Å². The minimum atomic E-state index is 0.447. The fourth-order valence-electron chi connectivity index (χ4n) is 1.35. The summed E-state index contributed by atoms with van der Waals surface area (Å²) in [5.74, 6) is 0.703. The van der Waals surface area contributed by atoms with Gasteiger partial charge in [0.25, 0.3) is 0 Å². The zero-order valence-corrected chi connectivity index (χ0v) is 10.1. The number of hydrogen-bond donors (Lipinski definition) is 2. The maximum atomic E-state index is 5.64. The van der Waals surface area contributed by atoms with Crippen molar-refractivity contribution >= 4 is 22.9 Å². The molecule has 1 rings (SSSR count). The van der Waals surface area contributed by atoms with Crippen LogP contribution in [0.15, 0.2) is 24.3 Å². The molecule has 1 aromatic carbocycles. The van der Waals surface area contributed by atoms with Crippen molar-refractivity contribution < 1.29 is 0 Å². The van der Waals surface area contributed by atoms with E-state index in [1.165, 1.54) is 0 Å². The minimum Gasteiger partial charge on any atom is -0.389 e. The lowest BCUT2D eigenvalue weighted by atomic mass is 10.1. The Kier molecular flexibility index (Phi) is 4.56. The molecule has 0 atom stereocenters. The Labute approximate surface area is 96.9 Å². The zero-order chi connectivity index (χ0) is 11.3. The van der Waals surface area contributed by atoms with Gasteiger partial charge in [0.15, 0.2) is 0 Å². The fourth-order valence-corrected chi connectivity index (χ4v) is 1.53. The Bertz CT molecular complexity index is 334. The molecule has 0 aliphatic heterocycles. The van der Waals surface area contributed by atoms with E-state index < -0.39 is 0 Å². The summed E-state index contributed by atoms with van der Waals surface area (Å²) in [5, 5.41) is 3.36. The molecule has 2 nitrogen and oxygen atoms in total. The largest absolute Gasteiger partial charge is 0.389 e. The van der Waals surface area contributed by atoms with Crippen molar-refractivity contribution in [3.63, 3.8) is 0 Å². The van der Waals surface area contributed by atoms with Crippen molar-refractivity contribution in [3.05, 3.63) is 29.8 Å². The predicted molar refractivity (Wildman–Crippen MR) is 70.3 cm³/mol. The molecule has 0 aromatic heterocycles. The van der Waals surface area contributed by atoms with E-state index in [4.69, 9.17) is 18.0 Å². The molecular formula is C12H18N2S. The highest BCUT2D eigenvalue weighted by atomic mass is 32.1. The van der Waals surface area contributed by atoms with Crippen LogP contribution in [-0.2, 0) is 0 Å². The van der Waals surface area contributed by atoms with Crippen molar-refractivity contribution in [2.24, 2.45) is 11.7 Å². The summed E-state index contributed by atoms with van der Waals surface area (Å²) in [7, 11) is 0. The molecule has 0 amide bonds. The Morgan fingerprint density at radius 3 is 2.67 bits per heavy atom. The van der Waals surface area contributed by atoms with Gasteiger partial charge < -0.3 is 11.1 Å². The predicted octanol–water partition coefficient (Wildman–Crippen LogP) is 2.78. The quantitative estimate of drug-likeness (QED) is 0.752. The van der Waals surface area contributed by atoms with E-state index in [0.29, 0.717) is 10.9 Å². The molecule has 0 aliphatic rings. The van der Waals surface area contributed by atoms with Crippen LogP contribution in [0, 0.1) is 5.92 Å². The first-order chi connectivity index (χ1) is 7.11.